The van der Waals surface area contributed by atoms with Crippen LogP contribution < -0.4 is 9.67 Å². The summed E-state index contributed by atoms with van der Waals surface area (Å²) in [5.41, 5.74) is 0.289. The van der Waals surface area contributed by atoms with Gasteiger partial charge in [0.15, 0.2) is 18.7 Å². The SMILES string of the molecule is C=C[C@H]1[C@H](O[C@@H]2O[C@H](CO)[C@@H](O)[C@H](O)[C@H]2O)OC=C(C(=O)O)[C@H]1/C=C/c1cc(C(=O)[O-])c[n+](CC)c1. The molecule has 2 aliphatic rings. The lowest BCUT2D eigenvalue weighted by atomic mass is 9.83. The number of aliphatic hydroxyl groups excluding tert-OH is 4. The van der Waals surface area contributed by atoms with Gasteiger partial charge < -0.3 is 49.6 Å². The summed E-state index contributed by atoms with van der Waals surface area (Å²) in [7, 11) is 0. The zero-order valence-corrected chi connectivity index (χ0v) is 19.4. The Bertz CT molecular complexity index is 1040. The molecular formula is C24H29NO11. The number of aromatic carboxylic acids is 1. The van der Waals surface area contributed by atoms with Crippen molar-refractivity contribution in [3.05, 3.63) is 60.2 Å². The summed E-state index contributed by atoms with van der Waals surface area (Å²) in [5.74, 6) is -4.31. The first-order chi connectivity index (χ1) is 17.1. The second kappa shape index (κ2) is 11.7. The fourth-order valence-electron chi connectivity index (χ4n) is 4.07. The van der Waals surface area contributed by atoms with Gasteiger partial charge >= 0.3 is 5.97 Å². The van der Waals surface area contributed by atoms with Crippen molar-refractivity contribution in [2.75, 3.05) is 6.61 Å². The van der Waals surface area contributed by atoms with Crippen LogP contribution in [0.5, 0.6) is 0 Å². The highest BCUT2D eigenvalue weighted by molar-refractivity contribution is 5.88. The molecule has 1 fully saturated rings. The van der Waals surface area contributed by atoms with Crippen molar-refractivity contribution in [2.45, 2.75) is 50.5 Å². The first kappa shape index (κ1) is 27.5. The molecule has 1 aromatic heterocycles. The van der Waals surface area contributed by atoms with Crippen LogP contribution in [0.25, 0.3) is 6.08 Å². The molecule has 2 aliphatic heterocycles. The van der Waals surface area contributed by atoms with E-state index in [2.05, 4.69) is 6.58 Å². The van der Waals surface area contributed by atoms with Crippen LogP contribution in [0.4, 0.5) is 0 Å². The molecule has 0 radical (unpaired) electrons. The third-order valence-corrected chi connectivity index (χ3v) is 6.09. The number of pyridine rings is 1. The van der Waals surface area contributed by atoms with E-state index in [9.17, 15) is 40.2 Å². The van der Waals surface area contributed by atoms with Crippen LogP contribution in [0.2, 0.25) is 0 Å². The number of aromatic nitrogens is 1. The number of carbonyl (C=O) groups is 2. The first-order valence-corrected chi connectivity index (χ1v) is 11.2. The van der Waals surface area contributed by atoms with Crippen LogP contribution >= 0.6 is 0 Å². The smallest absolute Gasteiger partial charge is 0.335 e. The molecule has 12 nitrogen and oxygen atoms in total. The van der Waals surface area contributed by atoms with Gasteiger partial charge in [-0.25, -0.2) is 9.36 Å². The van der Waals surface area contributed by atoms with E-state index in [0.717, 1.165) is 6.26 Å². The van der Waals surface area contributed by atoms with Crippen LogP contribution in [-0.2, 0) is 25.5 Å². The lowest BCUT2D eigenvalue weighted by Crippen LogP contribution is -2.60. The van der Waals surface area contributed by atoms with Crippen LogP contribution in [0.3, 0.4) is 0 Å². The van der Waals surface area contributed by atoms with Crippen molar-refractivity contribution in [1.82, 2.24) is 0 Å². The highest BCUT2D eigenvalue weighted by Gasteiger charge is 2.47. The van der Waals surface area contributed by atoms with Crippen molar-refractivity contribution in [2.24, 2.45) is 11.8 Å². The topological polar surface area (TPSA) is 190 Å². The average molecular weight is 507 g/mol. The van der Waals surface area contributed by atoms with Gasteiger partial charge in [-0.2, -0.15) is 0 Å². The normalized spacial score (nSPS) is 32.5. The summed E-state index contributed by atoms with van der Waals surface area (Å²) in [4.78, 5) is 23.2. The number of allylic oxidation sites excluding steroid dienone is 1. The third-order valence-electron chi connectivity index (χ3n) is 6.09. The van der Waals surface area contributed by atoms with Gasteiger partial charge in [-0.3, -0.25) is 0 Å². The molecular weight excluding hydrogens is 478 g/mol. The molecule has 196 valence electrons. The fraction of sp³-hybridized carbons (Fsp3) is 0.458. The summed E-state index contributed by atoms with van der Waals surface area (Å²) in [5, 5.41) is 60.7. The van der Waals surface area contributed by atoms with Gasteiger partial charge in [0.2, 0.25) is 6.29 Å². The molecule has 1 saturated heterocycles. The van der Waals surface area contributed by atoms with Crippen molar-refractivity contribution >= 4 is 18.0 Å². The van der Waals surface area contributed by atoms with Crippen LogP contribution in [0, 0.1) is 11.8 Å². The minimum atomic E-state index is -1.69. The molecule has 36 heavy (non-hydrogen) atoms. The maximum atomic E-state index is 11.9. The van der Waals surface area contributed by atoms with E-state index in [1.807, 2.05) is 6.92 Å². The Kier molecular flexibility index (Phi) is 8.95. The van der Waals surface area contributed by atoms with Gasteiger partial charge in [0.25, 0.3) is 0 Å². The van der Waals surface area contributed by atoms with Crippen LogP contribution in [-0.4, -0.2) is 81.1 Å². The number of aryl methyl sites for hydroxylation is 1. The average Bonchev–Trinajstić information content (AvgIpc) is 2.87. The molecule has 0 aromatic carbocycles. The number of hydrogen-bond donors (Lipinski definition) is 5. The number of carboxylic acid groups (broad SMARTS) is 2. The molecule has 3 rings (SSSR count). The summed E-state index contributed by atoms with van der Waals surface area (Å²) in [6, 6.07) is 1.38. The minimum Gasteiger partial charge on any atom is -0.545 e. The summed E-state index contributed by atoms with van der Waals surface area (Å²) in [6.07, 6.45) is -0.333. The summed E-state index contributed by atoms with van der Waals surface area (Å²) >= 11 is 0. The zero-order chi connectivity index (χ0) is 26.6. The monoisotopic (exact) mass is 507 g/mol. The molecule has 0 unspecified atom stereocenters. The summed E-state index contributed by atoms with van der Waals surface area (Å²) < 4.78 is 18.1. The Hall–Kier alpha value is -3.13. The van der Waals surface area contributed by atoms with E-state index in [1.54, 1.807) is 16.8 Å². The van der Waals surface area contributed by atoms with E-state index in [-0.39, 0.29) is 11.1 Å². The lowest BCUT2D eigenvalue weighted by Gasteiger charge is -2.42. The van der Waals surface area contributed by atoms with Crippen molar-refractivity contribution < 1.29 is 59.0 Å². The van der Waals surface area contributed by atoms with E-state index in [4.69, 9.17) is 14.2 Å². The van der Waals surface area contributed by atoms with E-state index >= 15 is 0 Å². The van der Waals surface area contributed by atoms with Crippen molar-refractivity contribution in [3.63, 3.8) is 0 Å². The number of nitrogens with zero attached hydrogens (tertiary/aromatic N) is 1. The predicted octanol–water partition coefficient (Wildman–Crippen LogP) is -2.07. The maximum Gasteiger partial charge on any atom is 0.335 e. The molecule has 0 saturated carbocycles. The number of aliphatic hydroxyl groups is 4. The van der Waals surface area contributed by atoms with E-state index in [1.165, 1.54) is 24.4 Å². The van der Waals surface area contributed by atoms with Gasteiger partial charge in [-0.15, -0.1) is 6.58 Å². The largest absolute Gasteiger partial charge is 0.545 e. The third kappa shape index (κ3) is 5.81. The van der Waals surface area contributed by atoms with Gasteiger partial charge in [0, 0.05) is 11.5 Å². The number of hydrogen-bond acceptors (Lipinski definition) is 10. The number of rotatable bonds is 9. The van der Waals surface area contributed by atoms with E-state index in [0.29, 0.717) is 12.1 Å². The Labute approximate surface area is 206 Å². The van der Waals surface area contributed by atoms with Crippen LogP contribution in [0.1, 0.15) is 22.8 Å². The summed E-state index contributed by atoms with van der Waals surface area (Å²) in [6.45, 7) is 5.39. The van der Waals surface area contributed by atoms with Crippen LogP contribution in [0.15, 0.2) is 49.0 Å². The fourth-order valence-corrected chi connectivity index (χ4v) is 4.07. The number of ether oxygens (including phenoxy) is 3. The first-order valence-electron chi connectivity index (χ1n) is 11.2. The molecule has 0 bridgehead atoms. The van der Waals surface area contributed by atoms with E-state index < -0.39 is 67.4 Å². The molecule has 8 atom stereocenters. The van der Waals surface area contributed by atoms with Gasteiger partial charge in [0.05, 0.1) is 35.9 Å². The number of carbonyl (C=O) groups excluding carboxylic acids is 1. The van der Waals surface area contributed by atoms with Gasteiger partial charge in [-0.1, -0.05) is 18.2 Å². The zero-order valence-electron chi connectivity index (χ0n) is 19.4. The maximum absolute atomic E-state index is 11.9. The van der Waals surface area contributed by atoms with Gasteiger partial charge in [-0.05, 0) is 13.0 Å². The Morgan fingerprint density at radius 1 is 1.19 bits per heavy atom. The second-order valence-corrected chi connectivity index (χ2v) is 8.39. The molecule has 0 aliphatic carbocycles. The molecule has 0 spiro atoms. The molecule has 12 heteroatoms. The molecule has 0 amide bonds. The Balaban J connectivity index is 1.90. The molecule has 5 N–H and O–H groups in total. The second-order valence-electron chi connectivity index (χ2n) is 8.39. The van der Waals surface area contributed by atoms with Crippen molar-refractivity contribution in [3.8, 4) is 0 Å². The highest BCUT2D eigenvalue weighted by atomic mass is 16.8. The highest BCUT2D eigenvalue weighted by Crippen LogP contribution is 2.36. The quantitative estimate of drug-likeness (QED) is 0.182. The Morgan fingerprint density at radius 2 is 1.92 bits per heavy atom. The van der Waals surface area contributed by atoms with Gasteiger partial charge in [0.1, 0.15) is 31.0 Å². The van der Waals surface area contributed by atoms with Crippen molar-refractivity contribution in [1.29, 1.82) is 0 Å². The Morgan fingerprint density at radius 3 is 2.50 bits per heavy atom. The molecule has 3 heterocycles. The predicted molar refractivity (Wildman–Crippen MR) is 118 cm³/mol. The minimum absolute atomic E-state index is 0.0518. The number of aliphatic carboxylic acids is 1. The lowest BCUT2D eigenvalue weighted by molar-refractivity contribution is -0.693. The molecule has 1 aromatic rings. The number of carboxylic acids is 2. The standard InChI is InChI=1S/C24H29NO11/c1-3-14-15(6-5-12-7-13(21(30)31)9-25(4-2)8-12)16(22(32)33)11-34-23(14)36-24-20(29)19(28)18(27)17(10-26)35-24/h3,5-9,11,14-15,17-20,23-24,26-29H,1,4,10H2,2H3,(H-,30,31,32,33)/b6-5+/t14-,15+,17-,18-,19+,20-,23+,24+/m1/s1.